The number of benzene rings is 1. The SMILES string of the molecule is CCC1CS(=O)CC(c2ccc(OC(F)(F)F)cc2)N1. The molecule has 0 spiro atoms. The first kappa shape index (κ1) is 15.3. The third-order valence-corrected chi connectivity index (χ3v) is 4.66. The molecule has 1 aromatic rings. The average molecular weight is 307 g/mol. The molecule has 1 aliphatic heterocycles. The van der Waals surface area contributed by atoms with Crippen molar-refractivity contribution < 1.29 is 22.1 Å². The summed E-state index contributed by atoms with van der Waals surface area (Å²) in [6, 6.07) is 5.81. The largest absolute Gasteiger partial charge is 0.573 e. The van der Waals surface area contributed by atoms with Crippen LogP contribution in [0.2, 0.25) is 0 Å². The quantitative estimate of drug-likeness (QED) is 0.933. The van der Waals surface area contributed by atoms with Crippen molar-refractivity contribution in [1.82, 2.24) is 5.32 Å². The van der Waals surface area contributed by atoms with Crippen LogP contribution in [-0.2, 0) is 10.8 Å². The molecule has 7 heteroatoms. The van der Waals surface area contributed by atoms with Crippen molar-refractivity contribution in [2.45, 2.75) is 31.8 Å². The van der Waals surface area contributed by atoms with E-state index < -0.39 is 17.2 Å². The van der Waals surface area contributed by atoms with Gasteiger partial charge in [0.2, 0.25) is 0 Å². The molecule has 3 unspecified atom stereocenters. The highest BCUT2D eigenvalue weighted by Crippen LogP contribution is 2.26. The van der Waals surface area contributed by atoms with E-state index in [2.05, 4.69) is 10.1 Å². The standard InChI is InChI=1S/C13H16F3NO2S/c1-2-10-7-20(18)8-12(17-10)9-3-5-11(6-4-9)19-13(14,15)16/h3-6,10,12,17H,2,7-8H2,1H3. The fourth-order valence-electron chi connectivity index (χ4n) is 2.19. The van der Waals surface area contributed by atoms with Gasteiger partial charge in [-0.25, -0.2) is 0 Å². The van der Waals surface area contributed by atoms with Crippen LogP contribution in [0.15, 0.2) is 24.3 Å². The fourth-order valence-corrected chi connectivity index (χ4v) is 3.77. The van der Waals surface area contributed by atoms with Gasteiger partial charge in [0.25, 0.3) is 0 Å². The Morgan fingerprint density at radius 1 is 1.30 bits per heavy atom. The minimum Gasteiger partial charge on any atom is -0.406 e. The number of hydrogen-bond donors (Lipinski definition) is 1. The predicted octanol–water partition coefficient (Wildman–Crippen LogP) is 2.76. The van der Waals surface area contributed by atoms with Gasteiger partial charge in [-0.2, -0.15) is 0 Å². The number of alkyl halides is 3. The van der Waals surface area contributed by atoms with E-state index in [1.807, 2.05) is 6.92 Å². The van der Waals surface area contributed by atoms with Gasteiger partial charge in [0, 0.05) is 34.4 Å². The van der Waals surface area contributed by atoms with Crippen molar-refractivity contribution >= 4 is 10.8 Å². The van der Waals surface area contributed by atoms with Crippen molar-refractivity contribution in [3.63, 3.8) is 0 Å². The van der Waals surface area contributed by atoms with Crippen LogP contribution in [0.4, 0.5) is 13.2 Å². The van der Waals surface area contributed by atoms with E-state index in [-0.39, 0.29) is 17.8 Å². The zero-order valence-corrected chi connectivity index (χ0v) is 11.8. The molecule has 0 bridgehead atoms. The van der Waals surface area contributed by atoms with Gasteiger partial charge >= 0.3 is 6.36 Å². The molecule has 1 aromatic carbocycles. The van der Waals surface area contributed by atoms with Crippen LogP contribution < -0.4 is 10.1 Å². The smallest absolute Gasteiger partial charge is 0.406 e. The topological polar surface area (TPSA) is 38.3 Å². The number of halogens is 3. The molecule has 0 saturated carbocycles. The highest BCUT2D eigenvalue weighted by Gasteiger charge is 2.31. The summed E-state index contributed by atoms with van der Waals surface area (Å²) >= 11 is 0. The van der Waals surface area contributed by atoms with Gasteiger partial charge < -0.3 is 10.1 Å². The maximum Gasteiger partial charge on any atom is 0.573 e. The molecule has 1 heterocycles. The first-order valence-corrected chi connectivity index (χ1v) is 7.83. The van der Waals surface area contributed by atoms with Crippen LogP contribution in [0.3, 0.4) is 0 Å². The Balaban J connectivity index is 2.07. The predicted molar refractivity (Wildman–Crippen MR) is 71.0 cm³/mol. The Hall–Kier alpha value is -1.08. The second kappa shape index (κ2) is 6.13. The van der Waals surface area contributed by atoms with Gasteiger partial charge in [0.05, 0.1) is 0 Å². The Labute approximate surface area is 118 Å². The Morgan fingerprint density at radius 3 is 2.50 bits per heavy atom. The third kappa shape index (κ3) is 4.21. The van der Waals surface area contributed by atoms with Crippen LogP contribution in [0.5, 0.6) is 5.75 Å². The first-order valence-electron chi connectivity index (χ1n) is 6.34. The first-order chi connectivity index (χ1) is 9.37. The molecule has 1 saturated heterocycles. The van der Waals surface area contributed by atoms with Crippen LogP contribution in [-0.4, -0.2) is 28.1 Å². The van der Waals surface area contributed by atoms with E-state index in [1.54, 1.807) is 12.1 Å². The molecule has 1 N–H and O–H groups in total. The normalized spacial score (nSPS) is 27.3. The molecule has 1 aliphatic rings. The molecule has 112 valence electrons. The molecule has 0 aliphatic carbocycles. The zero-order valence-electron chi connectivity index (χ0n) is 10.9. The summed E-state index contributed by atoms with van der Waals surface area (Å²) in [5, 5.41) is 3.36. The molecule has 3 atom stereocenters. The second-order valence-electron chi connectivity index (χ2n) is 4.71. The minimum atomic E-state index is -4.68. The molecular weight excluding hydrogens is 291 g/mol. The third-order valence-electron chi connectivity index (χ3n) is 3.19. The molecule has 0 amide bonds. The Morgan fingerprint density at radius 2 is 1.95 bits per heavy atom. The van der Waals surface area contributed by atoms with Crippen LogP contribution in [0.25, 0.3) is 0 Å². The molecule has 0 radical (unpaired) electrons. The number of ether oxygens (including phenoxy) is 1. The van der Waals surface area contributed by atoms with Gasteiger partial charge in [-0.15, -0.1) is 13.2 Å². The van der Waals surface area contributed by atoms with E-state index in [1.165, 1.54) is 12.1 Å². The summed E-state index contributed by atoms with van der Waals surface area (Å²) in [6.45, 7) is 2.01. The summed E-state index contributed by atoms with van der Waals surface area (Å²) in [7, 11) is -0.896. The maximum atomic E-state index is 12.1. The van der Waals surface area contributed by atoms with Crippen LogP contribution in [0, 0.1) is 0 Å². The number of rotatable bonds is 3. The van der Waals surface area contributed by atoms with Gasteiger partial charge in [-0.1, -0.05) is 19.1 Å². The van der Waals surface area contributed by atoms with Crippen molar-refractivity contribution in [1.29, 1.82) is 0 Å². The highest BCUT2D eigenvalue weighted by atomic mass is 32.2. The van der Waals surface area contributed by atoms with E-state index >= 15 is 0 Å². The van der Waals surface area contributed by atoms with Crippen LogP contribution in [0.1, 0.15) is 24.9 Å². The summed E-state index contributed by atoms with van der Waals surface area (Å²) in [5.41, 5.74) is 0.825. The molecule has 1 fully saturated rings. The van der Waals surface area contributed by atoms with Gasteiger partial charge in [-0.05, 0) is 24.1 Å². The summed E-state index contributed by atoms with van der Waals surface area (Å²) in [6.07, 6.45) is -3.81. The van der Waals surface area contributed by atoms with E-state index in [0.717, 1.165) is 12.0 Å². The van der Waals surface area contributed by atoms with E-state index in [0.29, 0.717) is 11.5 Å². The zero-order chi connectivity index (χ0) is 14.8. The number of nitrogens with one attached hydrogen (secondary N) is 1. The van der Waals surface area contributed by atoms with Gasteiger partial charge in [0.1, 0.15) is 5.75 Å². The minimum absolute atomic E-state index is 0.0885. The Kier molecular flexibility index (Phi) is 4.70. The van der Waals surface area contributed by atoms with E-state index in [9.17, 15) is 17.4 Å². The summed E-state index contributed by atoms with van der Waals surface area (Å²) < 4.78 is 51.8. The molecule has 20 heavy (non-hydrogen) atoms. The lowest BCUT2D eigenvalue weighted by Crippen LogP contribution is -2.44. The van der Waals surface area contributed by atoms with E-state index in [4.69, 9.17) is 0 Å². The van der Waals surface area contributed by atoms with Crippen molar-refractivity contribution in [2.24, 2.45) is 0 Å². The highest BCUT2D eigenvalue weighted by molar-refractivity contribution is 7.85. The number of hydrogen-bond acceptors (Lipinski definition) is 3. The monoisotopic (exact) mass is 307 g/mol. The lowest BCUT2D eigenvalue weighted by atomic mass is 10.1. The summed E-state index contributed by atoms with van der Waals surface area (Å²) in [4.78, 5) is 0. The van der Waals surface area contributed by atoms with Crippen LogP contribution >= 0.6 is 0 Å². The van der Waals surface area contributed by atoms with Crippen molar-refractivity contribution in [3.05, 3.63) is 29.8 Å². The van der Waals surface area contributed by atoms with Gasteiger partial charge in [-0.3, -0.25) is 4.21 Å². The lowest BCUT2D eigenvalue weighted by molar-refractivity contribution is -0.274. The van der Waals surface area contributed by atoms with Gasteiger partial charge in [0.15, 0.2) is 0 Å². The molecule has 0 aromatic heterocycles. The molecular formula is C13H16F3NO2S. The summed E-state index contributed by atoms with van der Waals surface area (Å²) in [5.74, 6) is 0.864. The maximum absolute atomic E-state index is 12.1. The Bertz CT molecular complexity index is 475. The average Bonchev–Trinajstić information content (AvgIpc) is 2.37. The fraction of sp³-hybridized carbons (Fsp3) is 0.538. The van der Waals surface area contributed by atoms with Crippen molar-refractivity contribution in [2.75, 3.05) is 11.5 Å². The lowest BCUT2D eigenvalue weighted by Gasteiger charge is -2.30. The molecule has 3 nitrogen and oxygen atoms in total. The van der Waals surface area contributed by atoms with Crippen molar-refractivity contribution in [3.8, 4) is 5.75 Å². The molecule has 2 rings (SSSR count). The second-order valence-corrected chi connectivity index (χ2v) is 6.26.